The van der Waals surface area contributed by atoms with Crippen LogP contribution in [0, 0.1) is 6.92 Å². The minimum absolute atomic E-state index is 0.0970. The van der Waals surface area contributed by atoms with Gasteiger partial charge in [0.25, 0.3) is 0 Å². The van der Waals surface area contributed by atoms with E-state index >= 15 is 0 Å². The predicted octanol–water partition coefficient (Wildman–Crippen LogP) is 3.66. The van der Waals surface area contributed by atoms with Crippen LogP contribution in [0.15, 0.2) is 6.20 Å². The van der Waals surface area contributed by atoms with Crippen LogP contribution in [0.2, 0.25) is 0 Å². The van der Waals surface area contributed by atoms with Crippen molar-refractivity contribution in [1.82, 2.24) is 10.3 Å². The zero-order chi connectivity index (χ0) is 12.9. The summed E-state index contributed by atoms with van der Waals surface area (Å²) in [6.07, 6.45) is -2.21. The minimum atomic E-state index is -4.03. The summed E-state index contributed by atoms with van der Waals surface area (Å²) in [7, 11) is 0. The van der Waals surface area contributed by atoms with E-state index in [0.717, 1.165) is 9.88 Å². The fourth-order valence-corrected chi connectivity index (χ4v) is 2.22. The van der Waals surface area contributed by atoms with E-state index < -0.39 is 12.6 Å². The van der Waals surface area contributed by atoms with Crippen LogP contribution in [0.4, 0.5) is 13.2 Å². The molecule has 0 saturated heterocycles. The first kappa shape index (κ1) is 14.4. The Labute approximate surface area is 103 Å². The highest BCUT2D eigenvalue weighted by Crippen LogP contribution is 2.22. The molecule has 0 amide bonds. The number of thiazole rings is 1. The number of rotatable bonds is 6. The highest BCUT2D eigenvalue weighted by molar-refractivity contribution is 7.11. The molecule has 1 heterocycles. The second-order valence-electron chi connectivity index (χ2n) is 4.13. The lowest BCUT2D eigenvalue weighted by Gasteiger charge is -2.13. The Bertz CT molecular complexity index is 336. The Kier molecular flexibility index (Phi) is 5.39. The van der Waals surface area contributed by atoms with Crippen molar-refractivity contribution in [3.63, 3.8) is 0 Å². The number of aryl methyl sites for hydroxylation is 1. The lowest BCUT2D eigenvalue weighted by Crippen LogP contribution is -2.25. The van der Waals surface area contributed by atoms with Crippen molar-refractivity contribution in [2.75, 3.05) is 0 Å². The summed E-state index contributed by atoms with van der Waals surface area (Å²) in [5.41, 5.74) is 0. The van der Waals surface area contributed by atoms with Gasteiger partial charge in [-0.3, -0.25) is 0 Å². The van der Waals surface area contributed by atoms with E-state index in [0.29, 0.717) is 13.0 Å². The zero-order valence-electron chi connectivity index (χ0n) is 9.97. The molecule has 1 unspecified atom stereocenters. The smallest absolute Gasteiger partial charge is 0.309 e. The third-order valence-corrected chi connectivity index (χ3v) is 3.30. The molecule has 6 heteroatoms. The summed E-state index contributed by atoms with van der Waals surface area (Å²) in [6, 6.07) is 0.0970. The molecular formula is C11H17F3N2S. The Morgan fingerprint density at radius 2 is 2.18 bits per heavy atom. The van der Waals surface area contributed by atoms with Gasteiger partial charge >= 0.3 is 6.18 Å². The SMILES string of the molecule is Cc1ncc(CNC(C)CCCC(F)(F)F)s1. The van der Waals surface area contributed by atoms with Crippen LogP contribution in [-0.2, 0) is 6.54 Å². The summed E-state index contributed by atoms with van der Waals surface area (Å²) < 4.78 is 35.8. The molecule has 0 fully saturated rings. The average molecular weight is 266 g/mol. The normalized spacial score (nSPS) is 13.9. The van der Waals surface area contributed by atoms with E-state index in [1.54, 1.807) is 17.5 Å². The maximum Gasteiger partial charge on any atom is 0.389 e. The van der Waals surface area contributed by atoms with Crippen LogP contribution in [0.3, 0.4) is 0 Å². The van der Waals surface area contributed by atoms with Gasteiger partial charge in [-0.1, -0.05) is 0 Å². The highest BCUT2D eigenvalue weighted by atomic mass is 32.1. The Hall–Kier alpha value is -0.620. The van der Waals surface area contributed by atoms with Gasteiger partial charge in [0.1, 0.15) is 0 Å². The van der Waals surface area contributed by atoms with Crippen molar-refractivity contribution in [2.24, 2.45) is 0 Å². The van der Waals surface area contributed by atoms with Gasteiger partial charge in [-0.05, 0) is 26.7 Å². The maximum absolute atomic E-state index is 11.9. The molecule has 17 heavy (non-hydrogen) atoms. The van der Waals surface area contributed by atoms with Crippen molar-refractivity contribution in [2.45, 2.75) is 51.9 Å². The standard InChI is InChI=1S/C11H17F3N2S/c1-8(4-3-5-11(12,13)14)15-6-10-7-16-9(2)17-10/h7-8,15H,3-6H2,1-2H3. The number of hydrogen-bond acceptors (Lipinski definition) is 3. The lowest BCUT2D eigenvalue weighted by molar-refractivity contribution is -0.135. The fraction of sp³-hybridized carbons (Fsp3) is 0.727. The van der Waals surface area contributed by atoms with Gasteiger partial charge < -0.3 is 5.32 Å². The van der Waals surface area contributed by atoms with Crippen LogP contribution in [0.1, 0.15) is 36.1 Å². The zero-order valence-corrected chi connectivity index (χ0v) is 10.8. The van der Waals surface area contributed by atoms with Crippen molar-refractivity contribution >= 4 is 11.3 Å². The van der Waals surface area contributed by atoms with Gasteiger partial charge in [0.2, 0.25) is 0 Å². The van der Waals surface area contributed by atoms with E-state index in [-0.39, 0.29) is 12.5 Å². The molecule has 1 N–H and O–H groups in total. The van der Waals surface area contributed by atoms with Crippen molar-refractivity contribution in [3.8, 4) is 0 Å². The molecule has 0 aliphatic carbocycles. The van der Waals surface area contributed by atoms with Gasteiger partial charge in [0, 0.05) is 30.1 Å². The van der Waals surface area contributed by atoms with Crippen LogP contribution in [-0.4, -0.2) is 17.2 Å². The predicted molar refractivity (Wildman–Crippen MR) is 63.1 cm³/mol. The number of nitrogens with one attached hydrogen (secondary N) is 1. The van der Waals surface area contributed by atoms with E-state index in [1.807, 2.05) is 13.8 Å². The molecule has 1 aromatic rings. The van der Waals surface area contributed by atoms with Crippen molar-refractivity contribution in [1.29, 1.82) is 0 Å². The van der Waals surface area contributed by atoms with Crippen LogP contribution < -0.4 is 5.32 Å². The van der Waals surface area contributed by atoms with Gasteiger partial charge in [0.15, 0.2) is 0 Å². The van der Waals surface area contributed by atoms with Crippen LogP contribution in [0.25, 0.3) is 0 Å². The first-order chi connectivity index (χ1) is 7.87. The molecule has 98 valence electrons. The third kappa shape index (κ3) is 6.63. The van der Waals surface area contributed by atoms with Crippen LogP contribution in [0.5, 0.6) is 0 Å². The molecule has 1 rings (SSSR count). The number of aromatic nitrogens is 1. The molecule has 0 radical (unpaired) electrons. The summed E-state index contributed by atoms with van der Waals surface area (Å²) in [6.45, 7) is 4.52. The molecule has 2 nitrogen and oxygen atoms in total. The van der Waals surface area contributed by atoms with Crippen molar-refractivity contribution in [3.05, 3.63) is 16.1 Å². The minimum Gasteiger partial charge on any atom is -0.309 e. The van der Waals surface area contributed by atoms with Crippen LogP contribution >= 0.6 is 11.3 Å². The fourth-order valence-electron chi connectivity index (χ4n) is 1.47. The first-order valence-corrected chi connectivity index (χ1v) is 6.40. The highest BCUT2D eigenvalue weighted by Gasteiger charge is 2.26. The van der Waals surface area contributed by atoms with E-state index in [1.165, 1.54) is 0 Å². The number of alkyl halides is 3. The largest absolute Gasteiger partial charge is 0.389 e. The van der Waals surface area contributed by atoms with Gasteiger partial charge in [-0.15, -0.1) is 11.3 Å². The van der Waals surface area contributed by atoms with Crippen molar-refractivity contribution < 1.29 is 13.2 Å². The van der Waals surface area contributed by atoms with E-state index in [9.17, 15) is 13.2 Å². The number of nitrogens with zero attached hydrogens (tertiary/aromatic N) is 1. The molecule has 1 aromatic heterocycles. The first-order valence-electron chi connectivity index (χ1n) is 5.58. The second-order valence-corrected chi connectivity index (χ2v) is 5.45. The maximum atomic E-state index is 11.9. The average Bonchev–Trinajstić information content (AvgIpc) is 2.59. The molecule has 0 spiro atoms. The van der Waals surface area contributed by atoms with E-state index in [4.69, 9.17) is 0 Å². The monoisotopic (exact) mass is 266 g/mol. The number of halogens is 3. The van der Waals surface area contributed by atoms with E-state index in [2.05, 4.69) is 10.3 Å². The summed E-state index contributed by atoms with van der Waals surface area (Å²) >= 11 is 1.60. The molecule has 0 aliphatic rings. The van der Waals surface area contributed by atoms with Gasteiger partial charge in [-0.25, -0.2) is 4.98 Å². The van der Waals surface area contributed by atoms with Gasteiger partial charge in [-0.2, -0.15) is 13.2 Å². The summed E-state index contributed by atoms with van der Waals surface area (Å²) in [4.78, 5) is 5.23. The molecule has 0 saturated carbocycles. The molecule has 0 aliphatic heterocycles. The quantitative estimate of drug-likeness (QED) is 0.850. The lowest BCUT2D eigenvalue weighted by atomic mass is 10.1. The third-order valence-electron chi connectivity index (χ3n) is 2.39. The molecule has 0 aromatic carbocycles. The van der Waals surface area contributed by atoms with Gasteiger partial charge in [0.05, 0.1) is 5.01 Å². The summed E-state index contributed by atoms with van der Waals surface area (Å²) in [5, 5.41) is 4.21. The topological polar surface area (TPSA) is 24.9 Å². The molecule has 0 bridgehead atoms. The Balaban J connectivity index is 2.15. The number of hydrogen-bond donors (Lipinski definition) is 1. The Morgan fingerprint density at radius 1 is 1.47 bits per heavy atom. The molecular weight excluding hydrogens is 249 g/mol. The second kappa shape index (κ2) is 6.35. The Morgan fingerprint density at radius 3 is 2.71 bits per heavy atom. The summed E-state index contributed by atoms with van der Waals surface area (Å²) in [5.74, 6) is 0. The molecule has 1 atom stereocenters.